The van der Waals surface area contributed by atoms with Crippen LogP contribution < -0.4 is 5.32 Å². The Morgan fingerprint density at radius 1 is 0.538 bits per heavy atom. The number of hydrogen-bond donors (Lipinski definition) is 2. The number of esters is 2. The average Bonchev–Trinajstić information content (AvgIpc) is 3.12. The smallest absolute Gasteiger partial charge is 0.452 e. The van der Waals surface area contributed by atoms with Gasteiger partial charge >= 0.3 is 19.8 Å². The van der Waals surface area contributed by atoms with Gasteiger partial charge in [0, 0.05) is 18.4 Å². The van der Waals surface area contributed by atoms with Crippen molar-refractivity contribution in [1.29, 1.82) is 0 Å². The highest BCUT2D eigenvalue weighted by atomic mass is 31.2. The number of phosphoric ester groups is 1. The maximum absolute atomic E-state index is 12.2. The van der Waals surface area contributed by atoms with Crippen molar-refractivity contribution in [2.24, 2.45) is 0 Å². The van der Waals surface area contributed by atoms with Gasteiger partial charge < -0.3 is 19.7 Å². The number of hydrogen-bond acceptors (Lipinski definition) is 8. The summed E-state index contributed by atoms with van der Waals surface area (Å²) in [4.78, 5) is 34.0. The number of phosphoric acid groups is 1. The van der Waals surface area contributed by atoms with E-state index in [1.54, 1.807) is 20.9 Å². The Morgan fingerprint density at radius 2 is 0.885 bits per heavy atom. The second-order valence-corrected chi connectivity index (χ2v) is 9.03. The first-order chi connectivity index (χ1) is 25.3. The van der Waals surface area contributed by atoms with Gasteiger partial charge in [-0.2, -0.15) is 0 Å². The van der Waals surface area contributed by atoms with Crippen LogP contribution in [0.25, 0.3) is 0 Å². The Balaban J connectivity index is 5.30. The maximum atomic E-state index is 12.2. The number of rotatable bonds is 10. The molecule has 0 aliphatic rings. The molecule has 0 aliphatic heterocycles. The van der Waals surface area contributed by atoms with Crippen LogP contribution in [-0.4, -0.2) is 56.3 Å². The highest BCUT2D eigenvalue weighted by Gasteiger charge is 2.25. The summed E-state index contributed by atoms with van der Waals surface area (Å²) in [5.41, 5.74) is 0. The molecule has 0 spiro atoms. The number of ether oxygens (including phenoxy) is 2. The zero-order chi connectivity index (χ0) is 38.2. The van der Waals surface area contributed by atoms with Crippen molar-refractivity contribution in [2.45, 2.75) is 20.0 Å². The van der Waals surface area contributed by atoms with Crippen LogP contribution in [0.5, 0.6) is 0 Å². The standard InChI is InChI=1S/C42H20NO8P/c1-4-6-8-10-12-14-16-18-20-22-24-26-28-30-32-34-41(44)48-38-40(39-50-52(46,47)49-37-36-43-3)51-42(45)35-33-31-29-27-25-23-21-19-17-15-13-11-9-7-5-2/h40,43H,36-39H2,1-3H3,(H,46,47). The van der Waals surface area contributed by atoms with Crippen molar-refractivity contribution in [3.05, 3.63) is 0 Å². The van der Waals surface area contributed by atoms with E-state index in [-0.39, 0.29) is 13.2 Å². The van der Waals surface area contributed by atoms with Crippen LogP contribution in [0.3, 0.4) is 0 Å². The van der Waals surface area contributed by atoms with Gasteiger partial charge in [0.2, 0.25) is 0 Å². The molecule has 0 saturated heterocycles. The minimum atomic E-state index is -4.54. The third-order valence-electron chi connectivity index (χ3n) is 3.91. The molecule has 246 valence electrons. The van der Waals surface area contributed by atoms with Crippen LogP contribution in [0.2, 0.25) is 0 Å². The second-order valence-electron chi connectivity index (χ2n) is 7.58. The van der Waals surface area contributed by atoms with Crippen LogP contribution in [-0.2, 0) is 32.7 Å². The lowest BCUT2D eigenvalue weighted by Crippen LogP contribution is -2.29. The predicted octanol–water partition coefficient (Wildman–Crippen LogP) is -0.111. The highest BCUT2D eigenvalue weighted by molar-refractivity contribution is 7.47. The molecule has 0 aromatic heterocycles. The first-order valence-corrected chi connectivity index (χ1v) is 15.3. The minimum absolute atomic E-state index is 0.154. The molecule has 0 aromatic carbocycles. The van der Waals surface area contributed by atoms with Gasteiger partial charge in [-0.1, -0.05) is 11.8 Å². The molecule has 2 atom stereocenters. The molecule has 52 heavy (non-hydrogen) atoms. The first-order valence-electron chi connectivity index (χ1n) is 13.8. The largest absolute Gasteiger partial charge is 0.472 e. The van der Waals surface area contributed by atoms with Crippen LogP contribution in [0, 0.1) is 189 Å². The summed E-state index contributed by atoms with van der Waals surface area (Å²) < 4.78 is 31.7. The van der Waals surface area contributed by atoms with E-state index in [0.29, 0.717) is 0 Å². The zero-order valence-corrected chi connectivity index (χ0v) is 28.6. The Bertz CT molecular complexity index is 2470. The molecular weight excluding hydrogens is 677 g/mol. The van der Waals surface area contributed by atoms with Crippen LogP contribution in [0.15, 0.2) is 0 Å². The molecule has 0 fully saturated rings. The quantitative estimate of drug-likeness (QED) is 0.106. The van der Waals surface area contributed by atoms with E-state index in [1.165, 1.54) is 0 Å². The summed E-state index contributed by atoms with van der Waals surface area (Å²) in [6, 6.07) is 0. The predicted molar refractivity (Wildman–Crippen MR) is 192 cm³/mol. The lowest BCUT2D eigenvalue weighted by Gasteiger charge is -2.18. The Hall–Kier alpha value is -8.03. The van der Waals surface area contributed by atoms with E-state index >= 15 is 0 Å². The molecule has 0 saturated carbocycles. The molecule has 0 radical (unpaired) electrons. The summed E-state index contributed by atoms with van der Waals surface area (Å²) in [6.45, 7) is 2.08. The molecule has 0 heterocycles. The van der Waals surface area contributed by atoms with Crippen LogP contribution in [0.4, 0.5) is 0 Å². The van der Waals surface area contributed by atoms with Crippen molar-refractivity contribution >= 4 is 19.8 Å². The van der Waals surface area contributed by atoms with Crippen LogP contribution in [0.1, 0.15) is 13.8 Å². The molecular formula is C42H20NO8P. The fourth-order valence-corrected chi connectivity index (χ4v) is 2.77. The fourth-order valence-electron chi connectivity index (χ4n) is 2.02. The minimum Gasteiger partial charge on any atom is -0.452 e. The number of likely N-dealkylation sites (N-methyl/N-ethyl adjacent to an activating group) is 1. The van der Waals surface area contributed by atoms with Gasteiger partial charge in [-0.15, -0.1) is 0 Å². The number of nitrogens with one attached hydrogen (secondary N) is 1. The van der Waals surface area contributed by atoms with Gasteiger partial charge in [0.1, 0.15) is 6.61 Å². The summed E-state index contributed by atoms with van der Waals surface area (Å²) in [6.07, 6.45) is -1.39. The van der Waals surface area contributed by atoms with Gasteiger partial charge in [0.25, 0.3) is 0 Å². The highest BCUT2D eigenvalue weighted by Crippen LogP contribution is 2.43. The Morgan fingerprint density at radius 3 is 1.25 bits per heavy atom. The molecule has 0 bridgehead atoms. The summed E-state index contributed by atoms with van der Waals surface area (Å²) in [5.74, 6) is 74.8. The number of carbonyl (C=O) groups excluding carboxylic acids is 2. The summed E-state index contributed by atoms with van der Waals surface area (Å²) in [7, 11) is -2.93. The van der Waals surface area contributed by atoms with Crippen molar-refractivity contribution in [3.8, 4) is 189 Å². The third-order valence-corrected chi connectivity index (χ3v) is 4.89. The number of carbonyl (C=O) groups is 2. The van der Waals surface area contributed by atoms with E-state index in [2.05, 4.69) is 195 Å². The molecule has 0 rings (SSSR count). The lowest BCUT2D eigenvalue weighted by atomic mass is 10.4. The van der Waals surface area contributed by atoms with E-state index in [4.69, 9.17) is 18.5 Å². The van der Waals surface area contributed by atoms with E-state index in [0.717, 1.165) is 0 Å². The van der Waals surface area contributed by atoms with Crippen LogP contribution >= 0.6 is 7.82 Å². The lowest BCUT2D eigenvalue weighted by molar-refractivity contribution is -0.153. The Labute approximate surface area is 304 Å². The third kappa shape index (κ3) is 31.9. The normalized spacial score (nSPS) is 8.31. The average molecular weight is 698 g/mol. The monoisotopic (exact) mass is 697 g/mol. The van der Waals surface area contributed by atoms with Crippen molar-refractivity contribution in [3.63, 3.8) is 0 Å². The molecule has 0 aliphatic carbocycles. The summed E-state index contributed by atoms with van der Waals surface area (Å²) in [5, 5.41) is 2.72. The van der Waals surface area contributed by atoms with Gasteiger partial charge in [0.15, 0.2) is 6.10 Å². The van der Waals surface area contributed by atoms with Gasteiger partial charge in [0.05, 0.1) is 13.2 Å². The second kappa shape index (κ2) is 32.9. The van der Waals surface area contributed by atoms with Crippen molar-refractivity contribution in [2.75, 3.05) is 33.4 Å². The molecule has 2 N–H and O–H groups in total. The van der Waals surface area contributed by atoms with Gasteiger partial charge in [-0.05, 0) is 187 Å². The molecule has 0 aromatic rings. The zero-order valence-electron chi connectivity index (χ0n) is 27.7. The molecule has 9 nitrogen and oxygen atoms in total. The first kappa shape index (κ1) is 44.0. The van der Waals surface area contributed by atoms with Gasteiger partial charge in [-0.3, -0.25) is 9.05 Å². The molecule has 0 amide bonds. The SMILES string of the molecule is CC#CC#CC#CC#CC#CC#CC#CC#CC(=O)OCC(COP(=O)(O)OCCNC)OC(=O)C#CC#CC#CC#CC#CC#CC#CC#CC. The Kier molecular flexibility index (Phi) is 27.8. The maximum Gasteiger partial charge on any atom is 0.472 e. The van der Waals surface area contributed by atoms with Crippen molar-refractivity contribution in [1.82, 2.24) is 5.32 Å². The fraction of sp³-hybridized carbons (Fsp3) is 0.190. The topological polar surface area (TPSA) is 120 Å². The van der Waals surface area contributed by atoms with Gasteiger partial charge in [-0.25, -0.2) is 14.2 Å². The molecule has 10 heteroatoms. The molecule has 2 unspecified atom stereocenters. The van der Waals surface area contributed by atoms with E-state index < -0.39 is 39.1 Å². The van der Waals surface area contributed by atoms with Crippen molar-refractivity contribution < 1.29 is 37.6 Å². The van der Waals surface area contributed by atoms with E-state index in [1.807, 2.05) is 0 Å². The summed E-state index contributed by atoms with van der Waals surface area (Å²) >= 11 is 0. The van der Waals surface area contributed by atoms with E-state index in [9.17, 15) is 19.0 Å².